The first-order valence-electron chi connectivity index (χ1n) is 4.39. The highest BCUT2D eigenvalue weighted by atomic mass is 15.2. The highest BCUT2D eigenvalue weighted by Gasteiger charge is 2.14. The van der Waals surface area contributed by atoms with Crippen LogP contribution in [0.3, 0.4) is 0 Å². The summed E-state index contributed by atoms with van der Waals surface area (Å²) in [6.45, 7) is 0. The van der Waals surface area contributed by atoms with Crippen LogP contribution in [0.4, 0.5) is 0 Å². The maximum Gasteiger partial charge on any atom is 0.218 e. The average Bonchev–Trinajstić information content (AvgIpc) is 2.76. The summed E-state index contributed by atoms with van der Waals surface area (Å²) in [5, 5.41) is 16.7. The van der Waals surface area contributed by atoms with Crippen molar-refractivity contribution in [3.63, 3.8) is 0 Å². The Morgan fingerprint density at radius 3 is 3.13 bits per heavy atom. The summed E-state index contributed by atoms with van der Waals surface area (Å²) in [6, 6.07) is 7.68. The topological polar surface area (TPSA) is 66.9 Å². The van der Waals surface area contributed by atoms with Crippen LogP contribution >= 0.6 is 0 Å². The van der Waals surface area contributed by atoms with Gasteiger partial charge in [-0.1, -0.05) is 6.07 Å². The first-order chi connectivity index (χ1) is 7.40. The Kier molecular flexibility index (Phi) is 1.45. The van der Waals surface area contributed by atoms with Gasteiger partial charge in [0, 0.05) is 6.20 Å². The molecule has 5 nitrogen and oxygen atoms in total. The lowest BCUT2D eigenvalue weighted by atomic mass is 10.2. The first-order valence-corrected chi connectivity index (χ1v) is 4.39. The zero-order valence-electron chi connectivity index (χ0n) is 7.62. The summed E-state index contributed by atoms with van der Waals surface area (Å²) in [4.78, 5) is 4.16. The number of rotatable bonds is 0. The fourth-order valence-electron chi connectivity index (χ4n) is 1.59. The van der Waals surface area contributed by atoms with Gasteiger partial charge in [-0.3, -0.25) is 4.40 Å². The molecule has 3 heterocycles. The molecule has 0 amide bonds. The fraction of sp³-hybridized carbons (Fsp3) is 0. The van der Waals surface area contributed by atoms with Crippen LogP contribution in [-0.4, -0.2) is 19.6 Å². The van der Waals surface area contributed by atoms with Crippen molar-refractivity contribution in [3.8, 4) is 17.5 Å². The van der Waals surface area contributed by atoms with Gasteiger partial charge < -0.3 is 0 Å². The molecule has 0 atom stereocenters. The van der Waals surface area contributed by atoms with Crippen molar-refractivity contribution in [2.24, 2.45) is 0 Å². The molecule has 2 aliphatic rings. The maximum atomic E-state index is 8.96. The molecule has 70 valence electrons. The van der Waals surface area contributed by atoms with Crippen molar-refractivity contribution >= 4 is 5.52 Å². The summed E-state index contributed by atoms with van der Waals surface area (Å²) >= 11 is 0. The van der Waals surface area contributed by atoms with Gasteiger partial charge in [-0.2, -0.15) is 10.4 Å². The highest BCUT2D eigenvalue weighted by molar-refractivity contribution is 5.75. The molecule has 1 aromatic rings. The third kappa shape index (κ3) is 0.987. The van der Waals surface area contributed by atoms with Crippen LogP contribution in [0.1, 0.15) is 5.82 Å². The standard InChI is InChI=1S/C10H5N5/c11-5-9-13-7-6-12-14-10(7)8-3-1-2-4-15(8)9/h1-4,6H. The molecule has 0 bridgehead atoms. The second-order valence-electron chi connectivity index (χ2n) is 3.08. The Morgan fingerprint density at radius 2 is 2.27 bits per heavy atom. The van der Waals surface area contributed by atoms with E-state index in [4.69, 9.17) is 5.26 Å². The monoisotopic (exact) mass is 195 g/mol. The number of aromatic nitrogens is 4. The van der Waals surface area contributed by atoms with E-state index in [1.165, 1.54) is 0 Å². The predicted octanol–water partition coefficient (Wildman–Crippen LogP) is 1.10. The third-order valence-electron chi connectivity index (χ3n) is 2.24. The first kappa shape index (κ1) is 7.88. The second kappa shape index (κ2) is 2.75. The van der Waals surface area contributed by atoms with Crippen molar-refractivity contribution in [1.29, 1.82) is 5.26 Å². The van der Waals surface area contributed by atoms with Gasteiger partial charge in [0.2, 0.25) is 5.82 Å². The Hall–Kier alpha value is -2.48. The van der Waals surface area contributed by atoms with E-state index in [-0.39, 0.29) is 0 Å². The summed E-state index contributed by atoms with van der Waals surface area (Å²) < 4.78 is 1.71. The molecule has 0 N–H and O–H groups in total. The molecule has 2 aliphatic heterocycles. The van der Waals surface area contributed by atoms with E-state index in [0.717, 1.165) is 11.2 Å². The zero-order chi connectivity index (χ0) is 10.3. The number of pyridine rings is 1. The average molecular weight is 195 g/mol. The molecular weight excluding hydrogens is 190 g/mol. The van der Waals surface area contributed by atoms with Crippen LogP contribution in [0.2, 0.25) is 0 Å². The van der Waals surface area contributed by atoms with Crippen LogP contribution in [0.5, 0.6) is 0 Å². The summed E-state index contributed by atoms with van der Waals surface area (Å²) in [6.07, 6.45) is 3.35. The van der Waals surface area contributed by atoms with Gasteiger partial charge in [-0.25, -0.2) is 4.98 Å². The van der Waals surface area contributed by atoms with Gasteiger partial charge in [0.05, 0.1) is 11.7 Å². The van der Waals surface area contributed by atoms with E-state index in [1.54, 1.807) is 16.8 Å². The molecule has 0 fully saturated rings. The van der Waals surface area contributed by atoms with E-state index in [2.05, 4.69) is 15.2 Å². The van der Waals surface area contributed by atoms with Crippen molar-refractivity contribution < 1.29 is 0 Å². The van der Waals surface area contributed by atoms with E-state index >= 15 is 0 Å². The minimum absolute atomic E-state index is 0.341. The van der Waals surface area contributed by atoms with E-state index in [1.807, 2.05) is 24.3 Å². The second-order valence-corrected chi connectivity index (χ2v) is 3.08. The van der Waals surface area contributed by atoms with Crippen LogP contribution in [0.25, 0.3) is 16.9 Å². The lowest BCUT2D eigenvalue weighted by Crippen LogP contribution is -2.01. The van der Waals surface area contributed by atoms with Gasteiger partial charge in [-0.05, 0) is 12.1 Å². The Morgan fingerprint density at radius 1 is 1.33 bits per heavy atom. The maximum absolute atomic E-state index is 8.96. The predicted molar refractivity (Wildman–Crippen MR) is 52.1 cm³/mol. The normalized spacial score (nSPS) is 10.6. The quantitative estimate of drug-likeness (QED) is 0.538. The lowest BCUT2D eigenvalue weighted by Gasteiger charge is -2.05. The number of nitriles is 1. The van der Waals surface area contributed by atoms with Gasteiger partial charge >= 0.3 is 0 Å². The smallest absolute Gasteiger partial charge is 0.218 e. The minimum atomic E-state index is 0.341. The van der Waals surface area contributed by atoms with Crippen LogP contribution in [0.15, 0.2) is 30.6 Å². The number of nitrogens with zero attached hydrogens (tertiary/aromatic N) is 5. The minimum Gasteiger partial charge on any atom is -0.291 e. The molecule has 0 aliphatic carbocycles. The van der Waals surface area contributed by atoms with Crippen molar-refractivity contribution in [3.05, 3.63) is 36.4 Å². The van der Waals surface area contributed by atoms with Crippen LogP contribution < -0.4 is 0 Å². The van der Waals surface area contributed by atoms with Crippen LogP contribution in [0, 0.1) is 11.3 Å². The van der Waals surface area contributed by atoms with Gasteiger partial charge in [0.25, 0.3) is 0 Å². The molecule has 0 saturated carbocycles. The van der Waals surface area contributed by atoms with Gasteiger partial charge in [0.15, 0.2) is 0 Å². The van der Waals surface area contributed by atoms with Crippen molar-refractivity contribution in [2.75, 3.05) is 0 Å². The van der Waals surface area contributed by atoms with E-state index in [9.17, 15) is 0 Å². The number of fused-ring (bicyclic) bond motifs is 3. The summed E-state index contributed by atoms with van der Waals surface area (Å²) in [7, 11) is 0. The van der Waals surface area contributed by atoms with Crippen molar-refractivity contribution in [2.45, 2.75) is 0 Å². The molecular formula is C10H5N5. The molecule has 0 radical (unpaired) electrons. The fourth-order valence-corrected chi connectivity index (χ4v) is 1.59. The number of hydrogen-bond acceptors (Lipinski definition) is 4. The van der Waals surface area contributed by atoms with E-state index in [0.29, 0.717) is 11.5 Å². The van der Waals surface area contributed by atoms with E-state index < -0.39 is 0 Å². The third-order valence-corrected chi connectivity index (χ3v) is 2.24. The van der Waals surface area contributed by atoms with Gasteiger partial charge in [-0.15, -0.1) is 5.10 Å². The largest absolute Gasteiger partial charge is 0.291 e. The lowest BCUT2D eigenvalue weighted by molar-refractivity contribution is 1.02. The Labute approximate surface area is 85.0 Å². The highest BCUT2D eigenvalue weighted by Crippen LogP contribution is 2.22. The molecule has 5 heteroatoms. The molecule has 0 spiro atoms. The van der Waals surface area contributed by atoms with Crippen molar-refractivity contribution in [1.82, 2.24) is 19.6 Å². The molecule has 0 saturated heterocycles. The Balaban J connectivity index is 2.60. The summed E-state index contributed by atoms with van der Waals surface area (Å²) in [5.74, 6) is 0.341. The molecule has 0 aromatic carbocycles. The number of hydrogen-bond donors (Lipinski definition) is 0. The molecule has 15 heavy (non-hydrogen) atoms. The zero-order valence-corrected chi connectivity index (χ0v) is 7.62. The van der Waals surface area contributed by atoms with Gasteiger partial charge in [0.1, 0.15) is 17.5 Å². The van der Waals surface area contributed by atoms with Crippen LogP contribution in [-0.2, 0) is 0 Å². The molecule has 1 aromatic heterocycles. The molecule has 0 unspecified atom stereocenters. The summed E-state index contributed by atoms with van der Waals surface area (Å²) in [5.41, 5.74) is 2.21. The molecule has 3 rings (SSSR count). The SMILES string of the molecule is N#Cc1nc2cnnc-2c2ccccn12. The Bertz CT molecular complexity index is 649.